The van der Waals surface area contributed by atoms with Crippen molar-refractivity contribution < 1.29 is 19.2 Å². The SMILES string of the molecule is CC(C)(C)OC(=O)N1CC2CC(=O)C=C2CO1. The average Bonchev–Trinajstić information content (AvgIpc) is 2.53. The molecule has 17 heavy (non-hydrogen) atoms. The molecule has 1 amide bonds. The van der Waals surface area contributed by atoms with Crippen LogP contribution >= 0.6 is 0 Å². The maximum Gasteiger partial charge on any atom is 0.434 e. The lowest BCUT2D eigenvalue weighted by Gasteiger charge is -2.32. The summed E-state index contributed by atoms with van der Waals surface area (Å²) < 4.78 is 5.21. The van der Waals surface area contributed by atoms with Crippen LogP contribution in [0.3, 0.4) is 0 Å². The van der Waals surface area contributed by atoms with Gasteiger partial charge >= 0.3 is 6.09 Å². The van der Waals surface area contributed by atoms with Crippen molar-refractivity contribution in [2.45, 2.75) is 32.8 Å². The van der Waals surface area contributed by atoms with Gasteiger partial charge in [0.25, 0.3) is 0 Å². The van der Waals surface area contributed by atoms with Gasteiger partial charge in [0.2, 0.25) is 0 Å². The van der Waals surface area contributed by atoms with Gasteiger partial charge in [-0.1, -0.05) is 0 Å². The highest BCUT2D eigenvalue weighted by Gasteiger charge is 2.35. The number of ether oxygens (including phenoxy) is 1. The first-order chi connectivity index (χ1) is 7.85. The minimum Gasteiger partial charge on any atom is -0.442 e. The summed E-state index contributed by atoms with van der Waals surface area (Å²) in [6.45, 7) is 6.11. The molecule has 1 atom stereocenters. The van der Waals surface area contributed by atoms with E-state index in [0.29, 0.717) is 19.6 Å². The molecule has 1 aliphatic heterocycles. The Kier molecular flexibility index (Phi) is 2.95. The Bertz CT molecular complexity index is 380. The highest BCUT2D eigenvalue weighted by atomic mass is 16.7. The molecule has 0 aromatic heterocycles. The van der Waals surface area contributed by atoms with Gasteiger partial charge in [0.1, 0.15) is 5.60 Å². The zero-order chi connectivity index (χ0) is 12.6. The number of hydrogen-bond acceptors (Lipinski definition) is 4. The van der Waals surface area contributed by atoms with Gasteiger partial charge in [-0.05, 0) is 32.4 Å². The summed E-state index contributed by atoms with van der Waals surface area (Å²) in [6.07, 6.45) is 1.60. The summed E-state index contributed by atoms with van der Waals surface area (Å²) in [5.41, 5.74) is 0.442. The summed E-state index contributed by atoms with van der Waals surface area (Å²) in [4.78, 5) is 28.3. The Balaban J connectivity index is 1.96. The minimum absolute atomic E-state index is 0.101. The first-order valence-corrected chi connectivity index (χ1v) is 5.72. The third-order valence-corrected chi connectivity index (χ3v) is 2.69. The van der Waals surface area contributed by atoms with Crippen molar-refractivity contribution >= 4 is 11.9 Å². The Morgan fingerprint density at radius 2 is 2.24 bits per heavy atom. The molecule has 1 heterocycles. The Labute approximate surface area is 100 Å². The number of fused-ring (bicyclic) bond motifs is 1. The maximum atomic E-state index is 11.8. The fraction of sp³-hybridized carbons (Fsp3) is 0.667. The number of amides is 1. The van der Waals surface area contributed by atoms with Gasteiger partial charge in [-0.15, -0.1) is 0 Å². The van der Waals surface area contributed by atoms with E-state index in [9.17, 15) is 9.59 Å². The number of allylic oxidation sites excluding steroid dienone is 1. The van der Waals surface area contributed by atoms with Crippen LogP contribution in [0.2, 0.25) is 0 Å². The number of carbonyl (C=O) groups excluding carboxylic acids is 2. The molecule has 1 fully saturated rings. The van der Waals surface area contributed by atoms with Gasteiger partial charge in [-0.25, -0.2) is 4.79 Å². The quantitative estimate of drug-likeness (QED) is 0.645. The number of nitrogens with zero attached hydrogens (tertiary/aromatic N) is 1. The van der Waals surface area contributed by atoms with E-state index in [2.05, 4.69) is 0 Å². The van der Waals surface area contributed by atoms with Crippen LogP contribution in [0.25, 0.3) is 0 Å². The van der Waals surface area contributed by atoms with Crippen molar-refractivity contribution in [3.63, 3.8) is 0 Å². The van der Waals surface area contributed by atoms with E-state index >= 15 is 0 Å². The summed E-state index contributed by atoms with van der Waals surface area (Å²) in [5.74, 6) is 0.211. The third kappa shape index (κ3) is 2.85. The molecule has 5 heteroatoms. The highest BCUT2D eigenvalue weighted by Crippen LogP contribution is 2.29. The first-order valence-electron chi connectivity index (χ1n) is 5.72. The number of hydroxylamine groups is 2. The molecule has 0 radical (unpaired) electrons. The van der Waals surface area contributed by atoms with E-state index in [1.807, 2.05) is 0 Å². The smallest absolute Gasteiger partial charge is 0.434 e. The summed E-state index contributed by atoms with van der Waals surface area (Å²) in [7, 11) is 0. The topological polar surface area (TPSA) is 55.8 Å². The summed E-state index contributed by atoms with van der Waals surface area (Å²) in [6, 6.07) is 0. The first kappa shape index (κ1) is 12.1. The van der Waals surface area contributed by atoms with Crippen molar-refractivity contribution in [2.24, 2.45) is 5.92 Å². The molecule has 0 spiro atoms. The maximum absolute atomic E-state index is 11.8. The van der Waals surface area contributed by atoms with Crippen LogP contribution < -0.4 is 0 Å². The van der Waals surface area contributed by atoms with Gasteiger partial charge in [-0.3, -0.25) is 9.63 Å². The molecule has 0 bridgehead atoms. The normalized spacial score (nSPS) is 24.4. The molecule has 0 N–H and O–H groups in total. The van der Waals surface area contributed by atoms with E-state index in [1.54, 1.807) is 26.8 Å². The molecule has 2 rings (SSSR count). The zero-order valence-electron chi connectivity index (χ0n) is 10.4. The average molecular weight is 239 g/mol. The van der Waals surface area contributed by atoms with Crippen LogP contribution in [0.1, 0.15) is 27.2 Å². The molecule has 0 aromatic rings. The molecule has 2 aliphatic rings. The largest absolute Gasteiger partial charge is 0.442 e. The van der Waals surface area contributed by atoms with Crippen LogP contribution in [0, 0.1) is 5.92 Å². The standard InChI is InChI=1S/C12H17NO4/c1-12(2,3)17-11(15)13-6-8-4-10(14)5-9(8)7-16-13/h5,8H,4,6-7H2,1-3H3. The number of carbonyl (C=O) groups is 2. The highest BCUT2D eigenvalue weighted by molar-refractivity contribution is 5.93. The number of ketones is 1. The van der Waals surface area contributed by atoms with Gasteiger partial charge in [0.05, 0.1) is 13.2 Å². The second-order valence-corrected chi connectivity index (χ2v) is 5.40. The predicted octanol–water partition coefficient (Wildman–Crippen LogP) is 1.68. The van der Waals surface area contributed by atoms with Crippen molar-refractivity contribution in [1.29, 1.82) is 0 Å². The van der Waals surface area contributed by atoms with Crippen molar-refractivity contribution in [2.75, 3.05) is 13.2 Å². The molecule has 1 aliphatic carbocycles. The second-order valence-electron chi connectivity index (χ2n) is 5.40. The Morgan fingerprint density at radius 1 is 1.53 bits per heavy atom. The van der Waals surface area contributed by atoms with E-state index in [4.69, 9.17) is 9.57 Å². The molecular formula is C12H17NO4. The van der Waals surface area contributed by atoms with Gasteiger partial charge in [0.15, 0.2) is 5.78 Å². The molecule has 5 nitrogen and oxygen atoms in total. The van der Waals surface area contributed by atoms with Gasteiger partial charge < -0.3 is 4.74 Å². The number of hydrogen-bond donors (Lipinski definition) is 0. The molecule has 1 saturated heterocycles. The van der Waals surface area contributed by atoms with Crippen molar-refractivity contribution in [1.82, 2.24) is 5.06 Å². The van der Waals surface area contributed by atoms with Crippen molar-refractivity contribution in [3.8, 4) is 0 Å². The van der Waals surface area contributed by atoms with Crippen molar-refractivity contribution in [3.05, 3.63) is 11.6 Å². The summed E-state index contributed by atoms with van der Waals surface area (Å²) in [5, 5.41) is 1.21. The monoisotopic (exact) mass is 239 g/mol. The molecule has 0 aromatic carbocycles. The number of rotatable bonds is 0. The van der Waals surface area contributed by atoms with E-state index in [1.165, 1.54) is 5.06 Å². The van der Waals surface area contributed by atoms with Crippen LogP contribution in [-0.4, -0.2) is 35.7 Å². The lowest BCUT2D eigenvalue weighted by atomic mass is 10.0. The third-order valence-electron chi connectivity index (χ3n) is 2.69. The lowest BCUT2D eigenvalue weighted by Crippen LogP contribution is -2.43. The molecule has 0 saturated carbocycles. The predicted molar refractivity (Wildman–Crippen MR) is 60.1 cm³/mol. The van der Waals surface area contributed by atoms with Crippen LogP contribution in [0.15, 0.2) is 11.6 Å². The summed E-state index contributed by atoms with van der Waals surface area (Å²) >= 11 is 0. The van der Waals surface area contributed by atoms with Crippen LogP contribution in [-0.2, 0) is 14.4 Å². The molecule has 1 unspecified atom stereocenters. The van der Waals surface area contributed by atoms with Gasteiger partial charge in [-0.2, -0.15) is 5.06 Å². The van der Waals surface area contributed by atoms with E-state index < -0.39 is 11.7 Å². The Hall–Kier alpha value is -1.36. The van der Waals surface area contributed by atoms with Crippen LogP contribution in [0.5, 0.6) is 0 Å². The second kappa shape index (κ2) is 4.14. The zero-order valence-corrected chi connectivity index (χ0v) is 10.4. The van der Waals surface area contributed by atoms with E-state index in [0.717, 1.165) is 5.57 Å². The van der Waals surface area contributed by atoms with E-state index in [-0.39, 0.29) is 11.7 Å². The van der Waals surface area contributed by atoms with Gasteiger partial charge in [0, 0.05) is 12.3 Å². The fourth-order valence-electron chi connectivity index (χ4n) is 1.94. The molecule has 94 valence electrons. The fourth-order valence-corrected chi connectivity index (χ4v) is 1.94. The minimum atomic E-state index is -0.540. The lowest BCUT2D eigenvalue weighted by molar-refractivity contribution is -0.160. The molecular weight excluding hydrogens is 222 g/mol. The van der Waals surface area contributed by atoms with Crippen LogP contribution in [0.4, 0.5) is 4.79 Å². The Morgan fingerprint density at radius 3 is 2.88 bits per heavy atom.